The van der Waals surface area contributed by atoms with Gasteiger partial charge in [0, 0.05) is 23.0 Å². The van der Waals surface area contributed by atoms with Crippen molar-refractivity contribution in [3.8, 4) is 0 Å². The summed E-state index contributed by atoms with van der Waals surface area (Å²) in [5.74, 6) is -0.386. The third kappa shape index (κ3) is 4.92. The Morgan fingerprint density at radius 1 is 0.654 bits per heavy atom. The van der Waals surface area contributed by atoms with Crippen LogP contribution in [0.4, 0.5) is 11.4 Å². The molecule has 0 spiro atoms. The van der Waals surface area contributed by atoms with E-state index in [0.717, 1.165) is 5.56 Å². The molecule has 0 aliphatic heterocycles. The summed E-state index contributed by atoms with van der Waals surface area (Å²) in [6.07, 6.45) is 3.24. The summed E-state index contributed by atoms with van der Waals surface area (Å²) in [5, 5.41) is 5.61. The minimum Gasteiger partial charge on any atom is -0.323 e. The molecular weight excluding hydrogens is 324 g/mol. The number of hydrogen-bond acceptors (Lipinski definition) is 2. The van der Waals surface area contributed by atoms with Gasteiger partial charge in [-0.2, -0.15) is 0 Å². The molecule has 0 fully saturated rings. The maximum absolute atomic E-state index is 12.1. The van der Waals surface area contributed by atoms with Crippen LogP contribution in [0.25, 0.3) is 6.08 Å². The van der Waals surface area contributed by atoms with E-state index in [9.17, 15) is 9.59 Å². The third-order valence-electron chi connectivity index (χ3n) is 3.67. The van der Waals surface area contributed by atoms with Crippen molar-refractivity contribution in [1.29, 1.82) is 0 Å². The quantitative estimate of drug-likeness (QED) is 0.666. The topological polar surface area (TPSA) is 58.2 Å². The van der Waals surface area contributed by atoms with Gasteiger partial charge in [-0.1, -0.05) is 48.5 Å². The van der Waals surface area contributed by atoms with Crippen molar-refractivity contribution in [2.24, 2.45) is 0 Å². The Balaban J connectivity index is 1.56. The summed E-state index contributed by atoms with van der Waals surface area (Å²) in [6.45, 7) is 0. The van der Waals surface area contributed by atoms with Gasteiger partial charge in [0.1, 0.15) is 0 Å². The first-order chi connectivity index (χ1) is 12.7. The number of nitrogens with one attached hydrogen (secondary N) is 2. The van der Waals surface area contributed by atoms with Crippen molar-refractivity contribution in [3.05, 3.63) is 102 Å². The summed E-state index contributed by atoms with van der Waals surface area (Å²) in [5.41, 5.74) is 2.87. The molecule has 128 valence electrons. The van der Waals surface area contributed by atoms with Crippen LogP contribution in [0.3, 0.4) is 0 Å². The van der Waals surface area contributed by atoms with Crippen LogP contribution in [0.5, 0.6) is 0 Å². The standard InChI is InChI=1S/C22H18N2O2/c25-21(16-11-17-7-3-1-4-8-17)23-19-12-14-20(15-13-19)24-22(26)18-9-5-2-6-10-18/h1-16H,(H,23,25)(H,24,26)/b16-11+. The van der Waals surface area contributed by atoms with Crippen molar-refractivity contribution in [1.82, 2.24) is 0 Å². The van der Waals surface area contributed by atoms with Gasteiger partial charge in [-0.05, 0) is 48.0 Å². The molecule has 2 amide bonds. The van der Waals surface area contributed by atoms with Gasteiger partial charge in [-0.25, -0.2) is 0 Å². The van der Waals surface area contributed by atoms with Crippen molar-refractivity contribution < 1.29 is 9.59 Å². The highest BCUT2D eigenvalue weighted by atomic mass is 16.2. The molecule has 0 aromatic heterocycles. The molecule has 0 aliphatic carbocycles. The van der Waals surface area contributed by atoms with Crippen LogP contribution >= 0.6 is 0 Å². The predicted octanol–water partition coefficient (Wildman–Crippen LogP) is 4.59. The van der Waals surface area contributed by atoms with E-state index < -0.39 is 0 Å². The lowest BCUT2D eigenvalue weighted by atomic mass is 10.2. The first-order valence-corrected chi connectivity index (χ1v) is 8.21. The molecule has 4 nitrogen and oxygen atoms in total. The lowest BCUT2D eigenvalue weighted by Crippen LogP contribution is -2.12. The normalized spacial score (nSPS) is 10.5. The van der Waals surface area contributed by atoms with Crippen LogP contribution in [0, 0.1) is 0 Å². The van der Waals surface area contributed by atoms with Gasteiger partial charge in [-0.15, -0.1) is 0 Å². The van der Waals surface area contributed by atoms with E-state index in [2.05, 4.69) is 10.6 Å². The average molecular weight is 342 g/mol. The summed E-state index contributed by atoms with van der Waals surface area (Å²) in [7, 11) is 0. The molecule has 3 rings (SSSR count). The Kier molecular flexibility index (Phi) is 5.58. The maximum atomic E-state index is 12.1. The van der Waals surface area contributed by atoms with Crippen molar-refractivity contribution >= 4 is 29.3 Å². The van der Waals surface area contributed by atoms with Crippen molar-refractivity contribution in [2.75, 3.05) is 10.6 Å². The molecule has 0 saturated heterocycles. The molecule has 26 heavy (non-hydrogen) atoms. The molecule has 3 aromatic rings. The maximum Gasteiger partial charge on any atom is 0.255 e. The van der Waals surface area contributed by atoms with Crippen LogP contribution < -0.4 is 10.6 Å². The summed E-state index contributed by atoms with van der Waals surface area (Å²) < 4.78 is 0. The zero-order chi connectivity index (χ0) is 18.2. The molecule has 3 aromatic carbocycles. The van der Waals surface area contributed by atoms with E-state index in [0.29, 0.717) is 16.9 Å². The summed E-state index contributed by atoms with van der Waals surface area (Å²) in [4.78, 5) is 24.1. The highest BCUT2D eigenvalue weighted by Gasteiger charge is 2.05. The summed E-state index contributed by atoms with van der Waals surface area (Å²) in [6, 6.07) is 25.6. The number of benzene rings is 3. The molecule has 0 radical (unpaired) electrons. The second kappa shape index (κ2) is 8.44. The van der Waals surface area contributed by atoms with Gasteiger partial charge in [0.05, 0.1) is 0 Å². The second-order valence-corrected chi connectivity index (χ2v) is 5.63. The van der Waals surface area contributed by atoms with Gasteiger partial charge in [0.25, 0.3) is 5.91 Å². The van der Waals surface area contributed by atoms with Gasteiger partial charge >= 0.3 is 0 Å². The number of carbonyl (C=O) groups excluding carboxylic acids is 2. The molecule has 2 N–H and O–H groups in total. The molecule has 0 heterocycles. The third-order valence-corrected chi connectivity index (χ3v) is 3.67. The number of hydrogen-bond donors (Lipinski definition) is 2. The van der Waals surface area contributed by atoms with Crippen LogP contribution in [-0.2, 0) is 4.79 Å². The molecule has 0 unspecified atom stereocenters. The smallest absolute Gasteiger partial charge is 0.255 e. The highest BCUT2D eigenvalue weighted by Crippen LogP contribution is 2.15. The van der Waals surface area contributed by atoms with E-state index in [-0.39, 0.29) is 11.8 Å². The largest absolute Gasteiger partial charge is 0.323 e. The zero-order valence-corrected chi connectivity index (χ0v) is 14.1. The van der Waals surface area contributed by atoms with Gasteiger partial charge in [0.2, 0.25) is 5.91 Å². The Hall–Kier alpha value is -3.66. The lowest BCUT2D eigenvalue weighted by molar-refractivity contribution is -0.111. The Labute approximate surface area is 152 Å². The van der Waals surface area contributed by atoms with Crippen LogP contribution in [0.2, 0.25) is 0 Å². The van der Waals surface area contributed by atoms with E-state index in [1.165, 1.54) is 6.08 Å². The lowest BCUT2D eigenvalue weighted by Gasteiger charge is -2.07. The number of rotatable bonds is 5. The Morgan fingerprint density at radius 2 is 1.19 bits per heavy atom. The first-order valence-electron chi connectivity index (χ1n) is 8.21. The SMILES string of the molecule is O=C(/C=C/c1ccccc1)Nc1ccc(NC(=O)c2ccccc2)cc1. The highest BCUT2D eigenvalue weighted by molar-refractivity contribution is 6.05. The minimum atomic E-state index is -0.213. The first kappa shape index (κ1) is 17.2. The molecule has 0 aliphatic rings. The van der Waals surface area contributed by atoms with Crippen molar-refractivity contribution in [3.63, 3.8) is 0 Å². The van der Waals surface area contributed by atoms with Crippen LogP contribution in [-0.4, -0.2) is 11.8 Å². The Morgan fingerprint density at radius 3 is 1.81 bits per heavy atom. The molecule has 0 saturated carbocycles. The van der Waals surface area contributed by atoms with Gasteiger partial charge in [0.15, 0.2) is 0 Å². The minimum absolute atomic E-state index is 0.173. The number of carbonyl (C=O) groups is 2. The Bertz CT molecular complexity index is 902. The predicted molar refractivity (Wildman–Crippen MR) is 105 cm³/mol. The van der Waals surface area contributed by atoms with Gasteiger partial charge < -0.3 is 10.6 Å². The van der Waals surface area contributed by atoms with E-state index in [1.807, 2.05) is 48.5 Å². The number of amides is 2. The molecule has 0 atom stereocenters. The fraction of sp³-hybridized carbons (Fsp3) is 0. The van der Waals surface area contributed by atoms with E-state index in [4.69, 9.17) is 0 Å². The average Bonchev–Trinajstić information content (AvgIpc) is 2.69. The van der Waals surface area contributed by atoms with E-state index >= 15 is 0 Å². The zero-order valence-electron chi connectivity index (χ0n) is 14.1. The van der Waals surface area contributed by atoms with E-state index in [1.54, 1.807) is 42.5 Å². The summed E-state index contributed by atoms with van der Waals surface area (Å²) >= 11 is 0. The van der Waals surface area contributed by atoms with Gasteiger partial charge in [-0.3, -0.25) is 9.59 Å². The molecular formula is C22H18N2O2. The second-order valence-electron chi connectivity index (χ2n) is 5.63. The monoisotopic (exact) mass is 342 g/mol. The van der Waals surface area contributed by atoms with Crippen LogP contribution in [0.15, 0.2) is 91.0 Å². The number of anilines is 2. The molecule has 0 bridgehead atoms. The van der Waals surface area contributed by atoms with Crippen LogP contribution in [0.1, 0.15) is 15.9 Å². The van der Waals surface area contributed by atoms with Crippen molar-refractivity contribution in [2.45, 2.75) is 0 Å². The molecule has 4 heteroatoms. The fourth-order valence-electron chi connectivity index (χ4n) is 2.35. The fourth-order valence-corrected chi connectivity index (χ4v) is 2.35.